The van der Waals surface area contributed by atoms with Crippen LogP contribution in [0.25, 0.3) is 0 Å². The van der Waals surface area contributed by atoms with E-state index in [2.05, 4.69) is 9.47 Å². The molecule has 0 amide bonds. The van der Waals surface area contributed by atoms with E-state index in [-0.39, 0.29) is 12.7 Å². The van der Waals surface area contributed by atoms with Gasteiger partial charge in [-0.25, -0.2) is 4.79 Å². The summed E-state index contributed by atoms with van der Waals surface area (Å²) < 4.78 is 84.4. The molecular weight excluding hydrogens is 306 g/mol. The van der Waals surface area contributed by atoms with E-state index in [1.54, 1.807) is 6.92 Å². The Labute approximate surface area is 115 Å². The predicted molar refractivity (Wildman–Crippen MR) is 58.4 cm³/mol. The normalized spacial score (nSPS) is 12.3. The number of esters is 1. The van der Waals surface area contributed by atoms with Crippen LogP contribution < -0.4 is 0 Å². The van der Waals surface area contributed by atoms with Crippen molar-refractivity contribution in [3.8, 4) is 0 Å². The van der Waals surface area contributed by atoms with Gasteiger partial charge in [0, 0.05) is 6.61 Å². The predicted octanol–water partition coefficient (Wildman–Crippen LogP) is 3.88. The molecule has 21 heavy (non-hydrogen) atoms. The van der Waals surface area contributed by atoms with Crippen molar-refractivity contribution in [1.82, 2.24) is 0 Å². The van der Waals surface area contributed by atoms with Gasteiger partial charge in [0.05, 0.1) is 16.7 Å². The average molecular weight is 316 g/mol. The average Bonchev–Trinajstić information content (AvgIpc) is 2.36. The Bertz CT molecular complexity index is 474. The van der Waals surface area contributed by atoms with Crippen LogP contribution in [0, 0.1) is 0 Å². The Balaban J connectivity index is 3.17. The molecule has 0 aliphatic carbocycles. The first-order chi connectivity index (χ1) is 9.55. The zero-order valence-electron chi connectivity index (χ0n) is 10.6. The summed E-state index contributed by atoms with van der Waals surface area (Å²) in [6.45, 7) is 1.18. The molecule has 118 valence electrons. The molecule has 1 rings (SSSR count). The summed E-state index contributed by atoms with van der Waals surface area (Å²) in [5.74, 6) is -1.33. The highest BCUT2D eigenvalue weighted by molar-refractivity contribution is 5.89. The summed E-state index contributed by atoms with van der Waals surface area (Å²) in [5.41, 5.74) is -4.02. The second-order valence-corrected chi connectivity index (χ2v) is 3.84. The van der Waals surface area contributed by atoms with Crippen molar-refractivity contribution in [3.05, 3.63) is 34.9 Å². The van der Waals surface area contributed by atoms with E-state index in [4.69, 9.17) is 0 Å². The maximum absolute atomic E-state index is 12.6. The molecule has 0 atom stereocenters. The Morgan fingerprint density at radius 1 is 1.00 bits per heavy atom. The molecule has 0 heterocycles. The summed E-state index contributed by atoms with van der Waals surface area (Å²) in [4.78, 5) is 11.4. The molecule has 1 aromatic rings. The van der Waals surface area contributed by atoms with Crippen molar-refractivity contribution in [2.75, 3.05) is 13.4 Å². The maximum Gasteiger partial charge on any atom is 0.416 e. The van der Waals surface area contributed by atoms with Crippen LogP contribution >= 0.6 is 0 Å². The molecule has 3 nitrogen and oxygen atoms in total. The first-order valence-corrected chi connectivity index (χ1v) is 5.60. The molecule has 0 spiro atoms. The van der Waals surface area contributed by atoms with Crippen molar-refractivity contribution >= 4 is 5.97 Å². The van der Waals surface area contributed by atoms with Crippen LogP contribution in [0.5, 0.6) is 0 Å². The smallest absolute Gasteiger partial charge is 0.416 e. The summed E-state index contributed by atoms with van der Waals surface area (Å²) >= 11 is 0. The zero-order chi connectivity index (χ0) is 16.3. The Morgan fingerprint density at radius 3 is 1.86 bits per heavy atom. The summed E-state index contributed by atoms with van der Waals surface area (Å²) in [6.07, 6.45) is -10.0. The minimum Gasteiger partial charge on any atom is -0.435 e. The van der Waals surface area contributed by atoms with Crippen LogP contribution in [0.3, 0.4) is 0 Å². The SMILES string of the molecule is CCOCOC(=O)c1cc(C(F)(F)F)cc(C(F)(F)F)c1. The van der Waals surface area contributed by atoms with Crippen molar-refractivity contribution in [3.63, 3.8) is 0 Å². The fourth-order valence-electron chi connectivity index (χ4n) is 1.33. The number of carbonyl (C=O) groups excluding carboxylic acids is 1. The third-order valence-corrected chi connectivity index (χ3v) is 2.30. The lowest BCUT2D eigenvalue weighted by Crippen LogP contribution is -2.15. The van der Waals surface area contributed by atoms with E-state index >= 15 is 0 Å². The molecule has 0 unspecified atom stereocenters. The molecule has 1 aromatic carbocycles. The third-order valence-electron chi connectivity index (χ3n) is 2.30. The Kier molecular flexibility index (Phi) is 5.21. The van der Waals surface area contributed by atoms with Crippen molar-refractivity contribution in [2.45, 2.75) is 19.3 Å². The highest BCUT2D eigenvalue weighted by Gasteiger charge is 2.37. The molecule has 9 heteroatoms. The minimum absolute atomic E-state index is 0.0701. The molecular formula is C12H10F6O3. The van der Waals surface area contributed by atoms with Crippen LogP contribution in [0.1, 0.15) is 28.4 Å². The van der Waals surface area contributed by atoms with Crippen LogP contribution in [0.15, 0.2) is 18.2 Å². The molecule has 0 aliphatic rings. The van der Waals surface area contributed by atoms with E-state index in [1.165, 1.54) is 0 Å². The Morgan fingerprint density at radius 2 is 1.48 bits per heavy atom. The van der Waals surface area contributed by atoms with Gasteiger partial charge in [-0.05, 0) is 25.1 Å². The largest absolute Gasteiger partial charge is 0.435 e. The maximum atomic E-state index is 12.6. The van der Waals surface area contributed by atoms with Gasteiger partial charge in [-0.15, -0.1) is 0 Å². The van der Waals surface area contributed by atoms with Crippen molar-refractivity contribution in [2.24, 2.45) is 0 Å². The quantitative estimate of drug-likeness (QED) is 0.366. The van der Waals surface area contributed by atoms with Crippen molar-refractivity contribution < 1.29 is 40.6 Å². The zero-order valence-corrected chi connectivity index (χ0v) is 10.6. The fraction of sp³-hybridized carbons (Fsp3) is 0.417. The van der Waals surface area contributed by atoms with Crippen LogP contribution in [0.4, 0.5) is 26.3 Å². The number of benzene rings is 1. The molecule has 0 bridgehead atoms. The third kappa shape index (κ3) is 4.92. The lowest BCUT2D eigenvalue weighted by molar-refractivity contribution is -0.143. The molecule has 0 aromatic heterocycles. The highest BCUT2D eigenvalue weighted by atomic mass is 19.4. The van der Waals surface area contributed by atoms with E-state index in [9.17, 15) is 31.1 Å². The van der Waals surface area contributed by atoms with E-state index in [0.717, 1.165) is 0 Å². The summed E-state index contributed by atoms with van der Waals surface area (Å²) in [7, 11) is 0. The fourth-order valence-corrected chi connectivity index (χ4v) is 1.33. The first-order valence-electron chi connectivity index (χ1n) is 5.60. The second-order valence-electron chi connectivity index (χ2n) is 3.84. The van der Waals surface area contributed by atoms with Gasteiger partial charge in [0.25, 0.3) is 0 Å². The molecule has 0 fully saturated rings. The minimum atomic E-state index is -5.02. The van der Waals surface area contributed by atoms with Gasteiger partial charge in [-0.3, -0.25) is 0 Å². The molecule has 0 saturated heterocycles. The van der Waals surface area contributed by atoms with Gasteiger partial charge in [0.1, 0.15) is 0 Å². The topological polar surface area (TPSA) is 35.5 Å². The molecule has 0 saturated carbocycles. The number of alkyl halides is 6. The summed E-state index contributed by atoms with van der Waals surface area (Å²) in [6, 6.07) is 0.520. The first kappa shape index (κ1) is 17.3. The standard InChI is InChI=1S/C12H10F6O3/c1-2-20-6-21-10(19)7-3-8(11(13,14)15)5-9(4-7)12(16,17)18/h3-5H,2,6H2,1H3. The second kappa shape index (κ2) is 6.33. The number of carbonyl (C=O) groups is 1. The van der Waals surface area contributed by atoms with Crippen LogP contribution in [0.2, 0.25) is 0 Å². The Hall–Kier alpha value is -1.77. The van der Waals surface area contributed by atoms with Gasteiger partial charge in [0.2, 0.25) is 0 Å². The van der Waals surface area contributed by atoms with Gasteiger partial charge >= 0.3 is 18.3 Å². The van der Waals surface area contributed by atoms with Gasteiger partial charge in [-0.1, -0.05) is 0 Å². The van der Waals surface area contributed by atoms with E-state index in [0.29, 0.717) is 12.1 Å². The van der Waals surface area contributed by atoms with E-state index < -0.39 is 41.8 Å². The number of hydrogen-bond donors (Lipinski definition) is 0. The van der Waals surface area contributed by atoms with E-state index in [1.807, 2.05) is 0 Å². The van der Waals surface area contributed by atoms with Gasteiger partial charge in [0.15, 0.2) is 6.79 Å². The van der Waals surface area contributed by atoms with Crippen molar-refractivity contribution in [1.29, 1.82) is 0 Å². The molecule has 0 N–H and O–H groups in total. The molecule has 0 aliphatic heterocycles. The lowest BCUT2D eigenvalue weighted by Gasteiger charge is -2.13. The number of rotatable bonds is 4. The van der Waals surface area contributed by atoms with Gasteiger partial charge < -0.3 is 9.47 Å². The van der Waals surface area contributed by atoms with Crippen LogP contribution in [-0.2, 0) is 21.8 Å². The van der Waals surface area contributed by atoms with Crippen LogP contribution in [-0.4, -0.2) is 19.4 Å². The molecule has 0 radical (unpaired) electrons. The van der Waals surface area contributed by atoms with Gasteiger partial charge in [-0.2, -0.15) is 26.3 Å². The number of ether oxygens (including phenoxy) is 2. The monoisotopic (exact) mass is 316 g/mol. The highest BCUT2D eigenvalue weighted by Crippen LogP contribution is 2.36. The number of halogens is 6. The summed E-state index contributed by atoms with van der Waals surface area (Å²) in [5, 5.41) is 0. The lowest BCUT2D eigenvalue weighted by atomic mass is 10.0. The number of hydrogen-bond acceptors (Lipinski definition) is 3.